The Morgan fingerprint density at radius 1 is 0.717 bits per heavy atom. The SMILES string of the molecule is C[C@H]1[C@H](C=Cc2ccc(-c3ccccc3C#N)cn2)[C@H](NS(=O)(=O)CC2C[C@@H](C=Cc3ccc(-c4ccccc4C#N)cn3)[C@H](C)[C@@H](C)C2)CC[C@@H]1C. The zero-order valence-electron chi connectivity index (χ0n) is 31.1. The number of pyridine rings is 2. The summed E-state index contributed by atoms with van der Waals surface area (Å²) in [6.45, 7) is 8.99. The fourth-order valence-corrected chi connectivity index (χ4v) is 10.1. The molecule has 1 N–H and O–H groups in total. The molecule has 0 aliphatic heterocycles. The second kappa shape index (κ2) is 16.8. The van der Waals surface area contributed by atoms with Crippen molar-refractivity contribution in [1.82, 2.24) is 14.7 Å². The van der Waals surface area contributed by atoms with Crippen molar-refractivity contribution in [2.24, 2.45) is 41.4 Å². The number of rotatable bonds is 10. The molecule has 2 heterocycles. The summed E-state index contributed by atoms with van der Waals surface area (Å²) in [6.07, 6.45) is 15.5. The van der Waals surface area contributed by atoms with Crippen LogP contribution in [0.5, 0.6) is 0 Å². The Balaban J connectivity index is 1.10. The second-order valence-corrected chi connectivity index (χ2v) is 17.1. The summed E-state index contributed by atoms with van der Waals surface area (Å²) in [5.74, 6) is 2.10. The smallest absolute Gasteiger partial charge is 0.212 e. The number of sulfonamides is 1. The van der Waals surface area contributed by atoms with Crippen LogP contribution < -0.4 is 4.72 Å². The van der Waals surface area contributed by atoms with Crippen molar-refractivity contribution in [3.8, 4) is 34.4 Å². The van der Waals surface area contributed by atoms with Gasteiger partial charge in [0.25, 0.3) is 0 Å². The van der Waals surface area contributed by atoms with E-state index in [1.165, 1.54) is 0 Å². The first-order valence-corrected chi connectivity index (χ1v) is 20.5. The highest BCUT2D eigenvalue weighted by Crippen LogP contribution is 2.40. The number of allylic oxidation sites excluding steroid dienone is 1. The van der Waals surface area contributed by atoms with Gasteiger partial charge in [-0.25, -0.2) is 13.1 Å². The Kier molecular flexibility index (Phi) is 12.0. The molecular weight excluding hydrogens is 675 g/mol. The molecule has 4 aromatic rings. The Labute approximate surface area is 315 Å². The molecule has 6 rings (SSSR count). The van der Waals surface area contributed by atoms with Crippen LogP contribution in [0.4, 0.5) is 0 Å². The first-order valence-electron chi connectivity index (χ1n) is 18.8. The van der Waals surface area contributed by atoms with Gasteiger partial charge in [0.2, 0.25) is 10.0 Å². The van der Waals surface area contributed by atoms with E-state index in [-0.39, 0.29) is 29.5 Å². The maximum absolute atomic E-state index is 13.8. The molecule has 2 aromatic carbocycles. The third-order valence-corrected chi connectivity index (χ3v) is 13.4. The molecule has 2 aromatic heterocycles. The minimum atomic E-state index is -3.53. The van der Waals surface area contributed by atoms with E-state index in [2.05, 4.69) is 72.8 Å². The van der Waals surface area contributed by atoms with E-state index in [9.17, 15) is 18.9 Å². The van der Waals surface area contributed by atoms with E-state index >= 15 is 0 Å². The molecule has 0 amide bonds. The van der Waals surface area contributed by atoms with Gasteiger partial charge in [-0.3, -0.25) is 9.97 Å². The predicted octanol–water partition coefficient (Wildman–Crippen LogP) is 9.55. The van der Waals surface area contributed by atoms with Crippen molar-refractivity contribution >= 4 is 22.2 Å². The van der Waals surface area contributed by atoms with Crippen LogP contribution in [0.25, 0.3) is 34.4 Å². The van der Waals surface area contributed by atoms with Crippen molar-refractivity contribution in [2.45, 2.75) is 59.4 Å². The van der Waals surface area contributed by atoms with Gasteiger partial charge in [-0.05, 0) is 104 Å². The molecular formula is C45H49N5O2S. The molecule has 0 bridgehead atoms. The number of hydrogen-bond donors (Lipinski definition) is 1. The molecule has 8 heteroatoms. The molecule has 2 aliphatic rings. The van der Waals surface area contributed by atoms with Crippen LogP contribution in [0.3, 0.4) is 0 Å². The number of hydrogen-bond acceptors (Lipinski definition) is 6. The van der Waals surface area contributed by atoms with Gasteiger partial charge in [0.05, 0.1) is 40.4 Å². The molecule has 7 nitrogen and oxygen atoms in total. The number of benzene rings is 2. The first kappa shape index (κ1) is 37.9. The Morgan fingerprint density at radius 3 is 1.83 bits per heavy atom. The summed E-state index contributed by atoms with van der Waals surface area (Å²) >= 11 is 0. The minimum Gasteiger partial charge on any atom is -0.256 e. The van der Waals surface area contributed by atoms with E-state index < -0.39 is 10.0 Å². The highest BCUT2D eigenvalue weighted by Gasteiger charge is 2.38. The molecule has 53 heavy (non-hydrogen) atoms. The first-order chi connectivity index (χ1) is 25.5. The maximum atomic E-state index is 13.8. The monoisotopic (exact) mass is 723 g/mol. The van der Waals surface area contributed by atoms with Gasteiger partial charge in [-0.2, -0.15) is 10.5 Å². The van der Waals surface area contributed by atoms with E-state index in [1.54, 1.807) is 12.3 Å². The highest BCUT2D eigenvalue weighted by atomic mass is 32.2. The largest absolute Gasteiger partial charge is 0.256 e. The zero-order chi connectivity index (χ0) is 37.5. The third-order valence-electron chi connectivity index (χ3n) is 11.9. The summed E-state index contributed by atoms with van der Waals surface area (Å²) in [7, 11) is -3.53. The lowest BCUT2D eigenvalue weighted by Gasteiger charge is -2.40. The number of nitriles is 2. The fourth-order valence-electron chi connectivity index (χ4n) is 8.35. The second-order valence-electron chi connectivity index (χ2n) is 15.3. The lowest BCUT2D eigenvalue weighted by atomic mass is 9.69. The Morgan fingerprint density at radius 2 is 1.28 bits per heavy atom. The highest BCUT2D eigenvalue weighted by molar-refractivity contribution is 7.89. The van der Waals surface area contributed by atoms with Crippen molar-refractivity contribution in [3.05, 3.63) is 120 Å². The molecule has 2 saturated carbocycles. The summed E-state index contributed by atoms with van der Waals surface area (Å²) in [5.41, 5.74) is 6.39. The van der Waals surface area contributed by atoms with Crippen molar-refractivity contribution in [2.75, 3.05) is 5.75 Å². The van der Waals surface area contributed by atoms with Crippen LogP contribution in [-0.2, 0) is 10.0 Å². The fraction of sp³-hybridized carbons (Fsp3) is 0.378. The molecule has 272 valence electrons. The number of nitrogens with one attached hydrogen (secondary N) is 1. The third kappa shape index (κ3) is 9.19. The summed E-state index contributed by atoms with van der Waals surface area (Å²) in [4.78, 5) is 9.31. The zero-order valence-corrected chi connectivity index (χ0v) is 31.9. The van der Waals surface area contributed by atoms with E-state index in [0.29, 0.717) is 34.8 Å². The van der Waals surface area contributed by atoms with Gasteiger partial charge < -0.3 is 0 Å². The van der Waals surface area contributed by atoms with Crippen LogP contribution in [0, 0.1) is 64.1 Å². The average molecular weight is 724 g/mol. The predicted molar refractivity (Wildman–Crippen MR) is 213 cm³/mol. The summed E-state index contributed by atoms with van der Waals surface area (Å²) < 4.78 is 30.9. The molecule has 2 fully saturated rings. The van der Waals surface area contributed by atoms with E-state index in [0.717, 1.165) is 59.3 Å². The molecule has 0 saturated heterocycles. The van der Waals surface area contributed by atoms with Gasteiger partial charge in [-0.1, -0.05) is 88.4 Å². The average Bonchev–Trinajstić information content (AvgIpc) is 3.17. The molecule has 2 aliphatic carbocycles. The Hall–Kier alpha value is -4.89. The van der Waals surface area contributed by atoms with E-state index in [1.807, 2.05) is 79.0 Å². The van der Waals surface area contributed by atoms with Crippen molar-refractivity contribution in [3.63, 3.8) is 0 Å². The Bertz CT molecular complexity index is 2130. The molecule has 1 unspecified atom stereocenters. The van der Waals surface area contributed by atoms with Crippen molar-refractivity contribution in [1.29, 1.82) is 10.5 Å². The summed E-state index contributed by atoms with van der Waals surface area (Å²) in [5, 5.41) is 19.0. The molecule has 0 spiro atoms. The van der Waals surface area contributed by atoms with E-state index in [4.69, 9.17) is 0 Å². The molecule has 8 atom stereocenters. The van der Waals surface area contributed by atoms with Crippen molar-refractivity contribution < 1.29 is 8.42 Å². The van der Waals surface area contributed by atoms with Crippen LogP contribution in [-0.4, -0.2) is 30.2 Å². The quantitative estimate of drug-likeness (QED) is 0.174. The summed E-state index contributed by atoms with van der Waals surface area (Å²) in [6, 6.07) is 27.3. The van der Waals surface area contributed by atoms with Crippen LogP contribution in [0.2, 0.25) is 0 Å². The minimum absolute atomic E-state index is 0.0440. The van der Waals surface area contributed by atoms with Gasteiger partial charge in [0.1, 0.15) is 0 Å². The van der Waals surface area contributed by atoms with Gasteiger partial charge >= 0.3 is 0 Å². The van der Waals surface area contributed by atoms with Crippen LogP contribution in [0.15, 0.2) is 97.3 Å². The van der Waals surface area contributed by atoms with Gasteiger partial charge in [0.15, 0.2) is 0 Å². The molecule has 0 radical (unpaired) electrons. The standard InChI is InChI=1S/C45H49N5O2S/c1-30-13-22-45(42(33(30)4)21-20-41-19-16-39(28-49-41)44-12-8-6-10-37(44)26-47)50-53(51,52)29-34-23-31(2)32(3)35(24-34)14-17-40-18-15-38(27-48-40)43-11-7-5-9-36(43)25-46/h5-12,14-21,27-28,30-35,42,45,50H,13,22-24,29H2,1-4H3/t30-,31-,32+,33+,34?,35+,42-,45+/m0/s1. The lowest BCUT2D eigenvalue weighted by Crippen LogP contribution is -2.47. The van der Waals surface area contributed by atoms with Gasteiger partial charge in [0, 0.05) is 40.7 Å². The number of aromatic nitrogens is 2. The normalized spacial score (nSPS) is 26.3. The lowest BCUT2D eigenvalue weighted by molar-refractivity contribution is 0.169. The van der Waals surface area contributed by atoms with Crippen LogP contribution >= 0.6 is 0 Å². The maximum Gasteiger partial charge on any atom is 0.212 e. The van der Waals surface area contributed by atoms with Crippen LogP contribution in [0.1, 0.15) is 75.9 Å². The number of nitrogens with zero attached hydrogens (tertiary/aromatic N) is 4. The topological polar surface area (TPSA) is 120 Å². The van der Waals surface area contributed by atoms with Gasteiger partial charge in [-0.15, -0.1) is 0 Å².